The van der Waals surface area contributed by atoms with Crippen LogP contribution in [0.25, 0.3) is 11.3 Å². The van der Waals surface area contributed by atoms with Gasteiger partial charge in [-0.2, -0.15) is 0 Å². The van der Waals surface area contributed by atoms with Crippen molar-refractivity contribution in [3.8, 4) is 11.3 Å². The summed E-state index contributed by atoms with van der Waals surface area (Å²) >= 11 is 0. The van der Waals surface area contributed by atoms with E-state index in [1.807, 2.05) is 30.3 Å². The van der Waals surface area contributed by atoms with Gasteiger partial charge in [-0.15, -0.1) is 0 Å². The molecule has 0 unspecified atom stereocenters. The van der Waals surface area contributed by atoms with Crippen molar-refractivity contribution in [2.75, 3.05) is 57.9 Å². The zero-order chi connectivity index (χ0) is 27.0. The summed E-state index contributed by atoms with van der Waals surface area (Å²) in [5.74, 6) is -1.50. The minimum atomic E-state index is -4.70. The summed E-state index contributed by atoms with van der Waals surface area (Å²) in [6.07, 6.45) is -2.03. The van der Waals surface area contributed by atoms with Crippen LogP contribution in [0.3, 0.4) is 0 Å². The number of carbonyl (C=O) groups excluding carboxylic acids is 2. The normalized spacial score (nSPS) is 14.7. The average molecular weight is 535 g/mol. The second-order valence-electron chi connectivity index (χ2n) is 8.38. The van der Waals surface area contributed by atoms with E-state index >= 15 is 0 Å². The average Bonchev–Trinajstić information content (AvgIpc) is 2.87. The number of benzene rings is 1. The number of amides is 3. The summed E-state index contributed by atoms with van der Waals surface area (Å²) in [4.78, 5) is 63.4. The lowest BCUT2D eigenvalue weighted by Gasteiger charge is -2.35. The van der Waals surface area contributed by atoms with Gasteiger partial charge in [0.2, 0.25) is 5.91 Å². The van der Waals surface area contributed by atoms with Crippen LogP contribution in [-0.2, 0) is 14.1 Å². The van der Waals surface area contributed by atoms with Crippen molar-refractivity contribution in [2.24, 2.45) is 0 Å². The Morgan fingerprint density at radius 3 is 2.32 bits per heavy atom. The van der Waals surface area contributed by atoms with E-state index < -0.39 is 37.7 Å². The molecule has 2 heterocycles. The quantitative estimate of drug-likeness (QED) is 0.217. The molecule has 0 aliphatic carbocycles. The Labute approximate surface area is 213 Å². The van der Waals surface area contributed by atoms with Gasteiger partial charge in [-0.1, -0.05) is 30.3 Å². The van der Waals surface area contributed by atoms with Gasteiger partial charge in [0.1, 0.15) is 11.7 Å². The molecule has 14 heteroatoms. The van der Waals surface area contributed by atoms with Crippen molar-refractivity contribution in [2.45, 2.75) is 6.04 Å². The summed E-state index contributed by atoms with van der Waals surface area (Å²) in [5, 5.41) is 14.7. The number of pyridine rings is 1. The van der Waals surface area contributed by atoms with Crippen LogP contribution in [0.4, 0.5) is 10.5 Å². The van der Waals surface area contributed by atoms with E-state index in [0.29, 0.717) is 24.5 Å². The number of piperazine rings is 1. The molecule has 1 aromatic heterocycles. The summed E-state index contributed by atoms with van der Waals surface area (Å²) in [5.41, 5.74) is 1.74. The van der Waals surface area contributed by atoms with Crippen molar-refractivity contribution in [1.29, 1.82) is 0 Å². The maximum Gasteiger partial charge on any atom is 0.407 e. The molecule has 1 atom stereocenters. The zero-order valence-corrected chi connectivity index (χ0v) is 21.1. The predicted molar refractivity (Wildman–Crippen MR) is 134 cm³/mol. The third-order valence-corrected chi connectivity index (χ3v) is 6.49. The molecule has 0 radical (unpaired) electrons. The summed E-state index contributed by atoms with van der Waals surface area (Å²) in [6, 6.07) is 10.8. The molecule has 1 aliphatic heterocycles. The number of carbonyl (C=O) groups is 3. The Morgan fingerprint density at radius 1 is 1.08 bits per heavy atom. The van der Waals surface area contributed by atoms with Crippen LogP contribution in [0.5, 0.6) is 0 Å². The third kappa shape index (κ3) is 8.25. The Kier molecular flexibility index (Phi) is 9.59. The molecule has 1 aliphatic rings. The van der Waals surface area contributed by atoms with Gasteiger partial charge >= 0.3 is 13.7 Å². The Morgan fingerprint density at radius 2 is 1.73 bits per heavy atom. The van der Waals surface area contributed by atoms with Gasteiger partial charge in [0, 0.05) is 51.1 Å². The van der Waals surface area contributed by atoms with E-state index in [1.165, 1.54) is 11.0 Å². The lowest BCUT2D eigenvalue weighted by atomic mass is 10.1. The first kappa shape index (κ1) is 28.1. The minimum absolute atomic E-state index is 0.0357. The van der Waals surface area contributed by atoms with Gasteiger partial charge in [-0.25, -0.2) is 9.78 Å². The second kappa shape index (κ2) is 12.6. The Balaban J connectivity index is 1.84. The number of carboxylic acid groups (broad SMARTS) is 1. The van der Waals surface area contributed by atoms with Gasteiger partial charge in [0.05, 0.1) is 18.5 Å². The number of hydrogen-bond acceptors (Lipinski definition) is 7. The van der Waals surface area contributed by atoms with Crippen LogP contribution in [-0.4, -0.2) is 106 Å². The van der Waals surface area contributed by atoms with Gasteiger partial charge < -0.3 is 40.1 Å². The number of ether oxygens (including phenoxy) is 1. The first-order valence-corrected chi connectivity index (χ1v) is 13.3. The van der Waals surface area contributed by atoms with E-state index in [1.54, 1.807) is 13.2 Å². The van der Waals surface area contributed by atoms with E-state index in [0.717, 1.165) is 10.5 Å². The van der Waals surface area contributed by atoms with Crippen molar-refractivity contribution >= 4 is 31.2 Å². The van der Waals surface area contributed by atoms with E-state index in [-0.39, 0.29) is 31.9 Å². The second-order valence-corrected chi connectivity index (χ2v) is 10.1. The molecule has 3 amide bonds. The molecule has 2 aromatic rings. The maximum absolute atomic E-state index is 13.2. The van der Waals surface area contributed by atoms with E-state index in [2.05, 4.69) is 15.6 Å². The number of rotatable bonds is 10. The smallest absolute Gasteiger partial charge is 0.407 e. The van der Waals surface area contributed by atoms with Gasteiger partial charge in [-0.3, -0.25) is 14.2 Å². The van der Waals surface area contributed by atoms with Gasteiger partial charge in [0.15, 0.2) is 0 Å². The van der Waals surface area contributed by atoms with Crippen LogP contribution in [0, 0.1) is 0 Å². The molecule has 3 rings (SSSR count). The van der Waals surface area contributed by atoms with Gasteiger partial charge in [0.25, 0.3) is 5.91 Å². The molecule has 200 valence electrons. The van der Waals surface area contributed by atoms with Crippen LogP contribution in [0.2, 0.25) is 0 Å². The first-order chi connectivity index (χ1) is 17.6. The summed E-state index contributed by atoms with van der Waals surface area (Å²) in [7, 11) is -3.14. The van der Waals surface area contributed by atoms with Crippen LogP contribution in [0.1, 0.15) is 10.5 Å². The van der Waals surface area contributed by atoms with Crippen molar-refractivity contribution < 1.29 is 38.6 Å². The fourth-order valence-corrected chi connectivity index (χ4v) is 4.52. The molecular weight excluding hydrogens is 505 g/mol. The van der Waals surface area contributed by atoms with Gasteiger partial charge in [-0.05, 0) is 12.1 Å². The molecule has 1 saturated heterocycles. The number of nitrogens with zero attached hydrogens (tertiary/aromatic N) is 3. The zero-order valence-electron chi connectivity index (χ0n) is 20.2. The molecular formula is C23H30N5O8P. The number of methoxy groups -OCH3 is 1. The first-order valence-electron chi connectivity index (χ1n) is 11.5. The maximum atomic E-state index is 13.2. The minimum Gasteiger partial charge on any atom is -0.465 e. The molecule has 5 N–H and O–H groups in total. The highest BCUT2D eigenvalue weighted by Crippen LogP contribution is 2.35. The number of nitrogens with one attached hydrogen (secondary N) is 2. The topological polar surface area (TPSA) is 182 Å². The van der Waals surface area contributed by atoms with E-state index in [4.69, 9.17) is 9.84 Å². The number of aromatic nitrogens is 1. The molecule has 0 saturated carbocycles. The predicted octanol–water partition coefficient (Wildman–Crippen LogP) is 0.905. The lowest BCUT2D eigenvalue weighted by Crippen LogP contribution is -2.56. The standard InChI is InChI=1S/C23H30N5O8P/c1-36-12-7-24-17-13-18(16-5-3-2-4-6-16)25-19(14-17)21(29)26-20(15-37(33,34)35)22(30)27-8-10-28(11-9-27)23(31)32/h2-6,13-14,20H,7-12,15H2,1H3,(H,24,25)(H,26,29)(H,31,32)(H2,33,34,35)/t20-/m0/s1. The van der Waals surface area contributed by atoms with Crippen LogP contribution >= 0.6 is 7.60 Å². The summed E-state index contributed by atoms with van der Waals surface area (Å²) < 4.78 is 16.8. The SMILES string of the molecule is COCCNc1cc(C(=O)N[C@@H](CP(=O)(O)O)C(=O)N2CCN(C(=O)O)CC2)nc(-c2ccccc2)c1. The number of hydrogen-bond donors (Lipinski definition) is 5. The lowest BCUT2D eigenvalue weighted by molar-refractivity contribution is -0.134. The molecule has 13 nitrogen and oxygen atoms in total. The number of anilines is 1. The monoisotopic (exact) mass is 535 g/mol. The van der Waals surface area contributed by atoms with Crippen LogP contribution < -0.4 is 10.6 Å². The van der Waals surface area contributed by atoms with E-state index in [9.17, 15) is 28.7 Å². The highest BCUT2D eigenvalue weighted by atomic mass is 31.2. The molecule has 0 spiro atoms. The Hall–Kier alpha value is -3.51. The van der Waals surface area contributed by atoms with Crippen LogP contribution in [0.15, 0.2) is 42.5 Å². The van der Waals surface area contributed by atoms with Crippen molar-refractivity contribution in [3.63, 3.8) is 0 Å². The Bertz CT molecular complexity index is 1150. The molecule has 37 heavy (non-hydrogen) atoms. The largest absolute Gasteiger partial charge is 0.465 e. The molecule has 1 fully saturated rings. The fraction of sp³-hybridized carbons (Fsp3) is 0.391. The van der Waals surface area contributed by atoms with Crippen molar-refractivity contribution in [3.05, 3.63) is 48.2 Å². The molecule has 1 aromatic carbocycles. The highest BCUT2D eigenvalue weighted by molar-refractivity contribution is 7.51. The molecule has 0 bridgehead atoms. The van der Waals surface area contributed by atoms with Crippen molar-refractivity contribution in [1.82, 2.24) is 20.1 Å². The third-order valence-electron chi connectivity index (χ3n) is 5.65. The summed E-state index contributed by atoms with van der Waals surface area (Å²) in [6.45, 7) is 1.04. The fourth-order valence-electron chi connectivity index (χ4n) is 3.80. The highest BCUT2D eigenvalue weighted by Gasteiger charge is 2.34.